The summed E-state index contributed by atoms with van der Waals surface area (Å²) in [6.45, 7) is 2.26. The summed E-state index contributed by atoms with van der Waals surface area (Å²) in [7, 11) is 0. The Bertz CT molecular complexity index is 1220. The molecule has 0 spiro atoms. The second-order valence-corrected chi connectivity index (χ2v) is 7.72. The molecule has 1 amide bonds. The first kappa shape index (κ1) is 19.2. The van der Waals surface area contributed by atoms with Crippen molar-refractivity contribution >= 4 is 28.9 Å². The Morgan fingerprint density at radius 1 is 1.13 bits per heavy atom. The Balaban J connectivity index is 1.42. The number of hydrogen-bond donors (Lipinski definition) is 3. The van der Waals surface area contributed by atoms with Crippen molar-refractivity contribution in [1.29, 1.82) is 0 Å². The fourth-order valence-electron chi connectivity index (χ4n) is 4.13. The van der Waals surface area contributed by atoms with Crippen LogP contribution in [-0.4, -0.2) is 63.1 Å². The number of carbonyl (C=O) groups is 2. The lowest BCUT2D eigenvalue weighted by atomic mass is 10.0. The summed E-state index contributed by atoms with van der Waals surface area (Å²) >= 11 is 0. The van der Waals surface area contributed by atoms with Crippen LogP contribution < -0.4 is 4.74 Å². The molecule has 0 unspecified atom stereocenters. The number of benzene rings is 2. The number of carboxylic acid groups (broad SMARTS) is 1. The number of hydrogen-bond acceptors (Lipinski definition) is 5. The van der Waals surface area contributed by atoms with Crippen LogP contribution in [0, 0.1) is 0 Å². The molecule has 2 aromatic carbocycles. The monoisotopic (exact) mass is 419 g/mol. The Morgan fingerprint density at radius 2 is 1.90 bits per heavy atom. The van der Waals surface area contributed by atoms with Crippen molar-refractivity contribution in [2.24, 2.45) is 0 Å². The van der Waals surface area contributed by atoms with Gasteiger partial charge in [0.25, 0.3) is 0 Å². The summed E-state index contributed by atoms with van der Waals surface area (Å²) in [6.07, 6.45) is 2.62. The molecule has 1 aromatic heterocycles. The number of ether oxygens (including phenoxy) is 1. The van der Waals surface area contributed by atoms with Crippen LogP contribution in [0.4, 0.5) is 4.79 Å². The molecule has 2 aliphatic rings. The number of phenolic OH excluding ortho intramolecular Hbond substituents is 1. The van der Waals surface area contributed by atoms with E-state index >= 15 is 0 Å². The number of carbonyl (C=O) groups excluding carboxylic acids is 1. The highest BCUT2D eigenvalue weighted by Gasteiger charge is 2.32. The third-order valence-electron chi connectivity index (χ3n) is 5.85. The number of allylic oxidation sites excluding steroid dienone is 1. The normalized spacial score (nSPS) is 17.9. The number of H-pyrrole nitrogens is 1. The molecule has 1 fully saturated rings. The molecule has 0 atom stereocenters. The average Bonchev–Trinajstić information content (AvgIpc) is 3.32. The minimum atomic E-state index is -0.927. The summed E-state index contributed by atoms with van der Waals surface area (Å²) in [5.74, 6) is 0.414. The fourth-order valence-corrected chi connectivity index (χ4v) is 4.13. The van der Waals surface area contributed by atoms with Gasteiger partial charge in [0.2, 0.25) is 5.78 Å². The first-order valence-electron chi connectivity index (χ1n) is 10.1. The summed E-state index contributed by atoms with van der Waals surface area (Å²) in [4.78, 5) is 30.7. The van der Waals surface area contributed by atoms with Crippen LogP contribution in [0.2, 0.25) is 0 Å². The number of nitrogens with zero attached hydrogens (tertiary/aromatic N) is 2. The molecule has 8 nitrogen and oxygen atoms in total. The predicted octanol–water partition coefficient (Wildman–Crippen LogP) is 3.29. The molecule has 3 aromatic rings. The second-order valence-electron chi connectivity index (χ2n) is 7.72. The van der Waals surface area contributed by atoms with Gasteiger partial charge in [0.15, 0.2) is 5.76 Å². The molecule has 3 heterocycles. The molecule has 2 aliphatic heterocycles. The van der Waals surface area contributed by atoms with Crippen molar-refractivity contribution < 1.29 is 24.5 Å². The molecule has 5 rings (SSSR count). The lowest BCUT2D eigenvalue weighted by Crippen LogP contribution is -2.47. The van der Waals surface area contributed by atoms with Crippen LogP contribution in [0.1, 0.15) is 21.5 Å². The fraction of sp³-hybridized carbons (Fsp3) is 0.217. The number of rotatable bonds is 3. The van der Waals surface area contributed by atoms with Gasteiger partial charge in [-0.1, -0.05) is 18.2 Å². The van der Waals surface area contributed by atoms with Gasteiger partial charge in [-0.3, -0.25) is 9.69 Å². The smallest absolute Gasteiger partial charge is 0.407 e. The molecule has 0 saturated carbocycles. The molecule has 158 valence electrons. The SMILES string of the molecule is O=C1/C(=C/c2c[nH]c3ccccc23)Oc2c1ccc(O)c2CN1CCN(C(=O)O)CC1. The maximum Gasteiger partial charge on any atom is 0.407 e. The summed E-state index contributed by atoms with van der Waals surface area (Å²) in [6, 6.07) is 10.9. The quantitative estimate of drug-likeness (QED) is 0.563. The van der Waals surface area contributed by atoms with Crippen LogP contribution in [0.25, 0.3) is 17.0 Å². The van der Waals surface area contributed by atoms with Gasteiger partial charge < -0.3 is 24.8 Å². The van der Waals surface area contributed by atoms with Gasteiger partial charge in [-0.05, 0) is 24.3 Å². The van der Waals surface area contributed by atoms with Crippen molar-refractivity contribution in [3.63, 3.8) is 0 Å². The van der Waals surface area contributed by atoms with Crippen LogP contribution in [0.5, 0.6) is 11.5 Å². The topological polar surface area (TPSA) is 106 Å². The molecule has 1 saturated heterocycles. The zero-order valence-electron chi connectivity index (χ0n) is 16.7. The van der Waals surface area contributed by atoms with E-state index in [0.29, 0.717) is 49.6 Å². The molecule has 0 bridgehead atoms. The maximum atomic E-state index is 13.0. The maximum absolute atomic E-state index is 13.0. The zero-order chi connectivity index (χ0) is 21.5. The highest BCUT2D eigenvalue weighted by atomic mass is 16.5. The number of aromatic nitrogens is 1. The highest BCUT2D eigenvalue weighted by molar-refractivity contribution is 6.15. The second kappa shape index (κ2) is 7.48. The Labute approximate surface area is 178 Å². The van der Waals surface area contributed by atoms with E-state index in [1.165, 1.54) is 11.0 Å². The van der Waals surface area contributed by atoms with Crippen molar-refractivity contribution in [3.05, 3.63) is 65.0 Å². The number of amides is 1. The lowest BCUT2D eigenvalue weighted by molar-refractivity contribution is 0.101. The number of fused-ring (bicyclic) bond motifs is 2. The van der Waals surface area contributed by atoms with Crippen molar-refractivity contribution in [3.8, 4) is 11.5 Å². The molecule has 8 heteroatoms. The van der Waals surface area contributed by atoms with Crippen LogP contribution >= 0.6 is 0 Å². The van der Waals surface area contributed by atoms with Crippen LogP contribution in [0.3, 0.4) is 0 Å². The molecule has 0 aliphatic carbocycles. The summed E-state index contributed by atoms with van der Waals surface area (Å²) < 4.78 is 5.96. The van der Waals surface area contributed by atoms with E-state index in [0.717, 1.165) is 16.5 Å². The van der Waals surface area contributed by atoms with Gasteiger partial charge in [0.1, 0.15) is 11.5 Å². The number of phenols is 1. The number of aromatic hydroxyl groups is 1. The number of nitrogens with one attached hydrogen (secondary N) is 1. The minimum absolute atomic E-state index is 0.0561. The third kappa shape index (κ3) is 3.40. The van der Waals surface area contributed by atoms with E-state index in [2.05, 4.69) is 4.98 Å². The predicted molar refractivity (Wildman–Crippen MR) is 114 cm³/mol. The van der Waals surface area contributed by atoms with E-state index in [9.17, 15) is 14.7 Å². The van der Waals surface area contributed by atoms with Gasteiger partial charge in [0, 0.05) is 55.4 Å². The molecule has 3 N–H and O–H groups in total. The molecular weight excluding hydrogens is 398 g/mol. The molecular formula is C23H21N3O5. The van der Waals surface area contributed by atoms with E-state index in [1.807, 2.05) is 35.4 Å². The van der Waals surface area contributed by atoms with Gasteiger partial charge in [-0.2, -0.15) is 0 Å². The van der Waals surface area contributed by atoms with Gasteiger partial charge in [0.05, 0.1) is 11.1 Å². The van der Waals surface area contributed by atoms with Crippen molar-refractivity contribution in [1.82, 2.24) is 14.8 Å². The Kier molecular flexibility index (Phi) is 4.63. The number of piperazine rings is 1. The molecule has 0 radical (unpaired) electrons. The van der Waals surface area contributed by atoms with Crippen LogP contribution in [0.15, 0.2) is 48.4 Å². The van der Waals surface area contributed by atoms with E-state index in [1.54, 1.807) is 12.1 Å². The lowest BCUT2D eigenvalue weighted by Gasteiger charge is -2.33. The average molecular weight is 419 g/mol. The number of aromatic amines is 1. The number of Topliss-reactive ketones (excluding diaryl/α,β-unsaturated/α-hetero) is 1. The zero-order valence-corrected chi connectivity index (χ0v) is 16.7. The third-order valence-corrected chi connectivity index (χ3v) is 5.85. The molecule has 31 heavy (non-hydrogen) atoms. The standard InChI is InChI=1S/C23H21N3O5/c27-19-6-5-16-21(28)20(11-14-12-24-18-4-2-1-3-15(14)18)31-22(16)17(19)13-25-7-9-26(10-8-25)23(29)30/h1-6,11-12,24,27H,7-10,13H2,(H,29,30)/b20-11-. The Hall–Kier alpha value is -3.78. The van der Waals surface area contributed by atoms with Gasteiger partial charge >= 0.3 is 6.09 Å². The number of ketones is 1. The van der Waals surface area contributed by atoms with E-state index in [4.69, 9.17) is 9.84 Å². The van der Waals surface area contributed by atoms with Crippen LogP contribution in [-0.2, 0) is 6.54 Å². The minimum Gasteiger partial charge on any atom is -0.507 e. The van der Waals surface area contributed by atoms with Crippen molar-refractivity contribution in [2.75, 3.05) is 26.2 Å². The number of para-hydroxylation sites is 1. The van der Waals surface area contributed by atoms with Gasteiger partial charge in [-0.15, -0.1) is 0 Å². The van der Waals surface area contributed by atoms with Crippen molar-refractivity contribution in [2.45, 2.75) is 6.54 Å². The summed E-state index contributed by atoms with van der Waals surface area (Å²) in [5, 5.41) is 20.6. The van der Waals surface area contributed by atoms with E-state index in [-0.39, 0.29) is 17.3 Å². The van der Waals surface area contributed by atoms with E-state index < -0.39 is 6.09 Å². The first-order chi connectivity index (χ1) is 15.0. The first-order valence-corrected chi connectivity index (χ1v) is 10.1. The highest BCUT2D eigenvalue weighted by Crippen LogP contribution is 2.40. The Morgan fingerprint density at radius 3 is 2.68 bits per heavy atom. The largest absolute Gasteiger partial charge is 0.507 e. The summed E-state index contributed by atoms with van der Waals surface area (Å²) in [5.41, 5.74) is 2.78. The van der Waals surface area contributed by atoms with Gasteiger partial charge in [-0.25, -0.2) is 4.79 Å².